The Hall–Kier alpha value is -0.0800. The number of ether oxygens (including phenoxy) is 1. The van der Waals surface area contributed by atoms with E-state index in [1.165, 1.54) is 0 Å². The van der Waals surface area contributed by atoms with Gasteiger partial charge in [0, 0.05) is 0 Å². The lowest BCUT2D eigenvalue weighted by molar-refractivity contribution is -0.0797. The summed E-state index contributed by atoms with van der Waals surface area (Å²) in [5.41, 5.74) is 0. The van der Waals surface area contributed by atoms with E-state index >= 15 is 0 Å². The van der Waals surface area contributed by atoms with Crippen LogP contribution in [0.3, 0.4) is 0 Å². The molecule has 1 heterocycles. The minimum absolute atomic E-state index is 0.0961. The first-order chi connectivity index (χ1) is 4.72. The summed E-state index contributed by atoms with van der Waals surface area (Å²) in [5.74, 6) is 0.709. The number of rotatable bonds is 1. The third kappa shape index (κ3) is 1.96. The van der Waals surface area contributed by atoms with E-state index in [2.05, 4.69) is 13.8 Å². The molecule has 0 aliphatic carbocycles. The summed E-state index contributed by atoms with van der Waals surface area (Å²) in [6.45, 7) is 4.45. The van der Waals surface area contributed by atoms with Crippen molar-refractivity contribution in [1.82, 2.24) is 0 Å². The highest BCUT2D eigenvalue weighted by Crippen LogP contribution is 2.23. The lowest BCUT2D eigenvalue weighted by Gasteiger charge is -2.30. The Labute approximate surface area is 62.2 Å². The first kappa shape index (κ1) is 8.02. The lowest BCUT2D eigenvalue weighted by atomic mass is 9.94. The zero-order valence-corrected chi connectivity index (χ0v) is 6.71. The predicted octanol–water partition coefficient (Wildman–Crippen LogP) is 1.18. The molecule has 0 aromatic carbocycles. The molecule has 1 N–H and O–H groups in total. The maximum Gasteiger partial charge on any atom is 0.0811 e. The van der Waals surface area contributed by atoms with Crippen LogP contribution in [-0.2, 0) is 4.74 Å². The molecule has 1 aliphatic heterocycles. The molecule has 2 heteroatoms. The van der Waals surface area contributed by atoms with Gasteiger partial charge in [-0.05, 0) is 25.7 Å². The zero-order valence-electron chi connectivity index (χ0n) is 6.71. The van der Waals surface area contributed by atoms with Crippen LogP contribution in [0, 0.1) is 5.92 Å². The van der Waals surface area contributed by atoms with Gasteiger partial charge in [-0.15, -0.1) is 0 Å². The second-order valence-corrected chi connectivity index (χ2v) is 3.33. The molecule has 1 aliphatic rings. The highest BCUT2D eigenvalue weighted by atomic mass is 16.5. The Bertz CT molecular complexity index is 93.4. The van der Waals surface area contributed by atoms with Crippen LogP contribution >= 0.6 is 0 Å². The zero-order chi connectivity index (χ0) is 7.56. The van der Waals surface area contributed by atoms with Crippen LogP contribution in [0.15, 0.2) is 0 Å². The Kier molecular flexibility index (Phi) is 2.69. The fraction of sp³-hybridized carbons (Fsp3) is 1.00. The van der Waals surface area contributed by atoms with E-state index in [1.807, 2.05) is 0 Å². The van der Waals surface area contributed by atoms with Crippen LogP contribution in [0.1, 0.15) is 26.7 Å². The van der Waals surface area contributed by atoms with Crippen LogP contribution in [-0.4, -0.2) is 23.9 Å². The Morgan fingerprint density at radius 3 is 2.60 bits per heavy atom. The first-order valence-electron chi connectivity index (χ1n) is 3.98. The number of hydrogen-bond acceptors (Lipinski definition) is 2. The summed E-state index contributed by atoms with van der Waals surface area (Å²) in [5, 5.41) is 8.80. The molecule has 0 aromatic rings. The van der Waals surface area contributed by atoms with Crippen LogP contribution < -0.4 is 0 Å². The Morgan fingerprint density at radius 2 is 2.10 bits per heavy atom. The van der Waals surface area contributed by atoms with E-state index < -0.39 is 0 Å². The highest BCUT2D eigenvalue weighted by Gasteiger charge is 2.23. The molecule has 0 saturated carbocycles. The third-order valence-corrected chi connectivity index (χ3v) is 2.03. The molecule has 2 nitrogen and oxygen atoms in total. The van der Waals surface area contributed by atoms with Crippen LogP contribution in [0.4, 0.5) is 0 Å². The van der Waals surface area contributed by atoms with Crippen LogP contribution in [0.5, 0.6) is 0 Å². The van der Waals surface area contributed by atoms with Crippen molar-refractivity contribution in [2.45, 2.75) is 38.9 Å². The highest BCUT2D eigenvalue weighted by molar-refractivity contribution is 4.71. The fourth-order valence-electron chi connectivity index (χ4n) is 1.67. The van der Waals surface area contributed by atoms with E-state index in [9.17, 15) is 0 Å². The molecule has 1 saturated heterocycles. The monoisotopic (exact) mass is 144 g/mol. The molecule has 0 bridgehead atoms. The summed E-state index contributed by atoms with van der Waals surface area (Å²) in [6.07, 6.45) is 2.58. The molecule has 0 unspecified atom stereocenters. The van der Waals surface area contributed by atoms with Gasteiger partial charge in [-0.25, -0.2) is 0 Å². The molecule has 0 radical (unpaired) electrons. The van der Waals surface area contributed by atoms with E-state index in [0.717, 1.165) is 12.8 Å². The van der Waals surface area contributed by atoms with Crippen molar-refractivity contribution in [3.8, 4) is 0 Å². The molecule has 10 heavy (non-hydrogen) atoms. The summed E-state index contributed by atoms with van der Waals surface area (Å²) in [7, 11) is 0. The Morgan fingerprint density at radius 1 is 1.40 bits per heavy atom. The summed E-state index contributed by atoms with van der Waals surface area (Å²) < 4.78 is 5.46. The number of aliphatic hydroxyl groups excluding tert-OH is 1. The molecule has 1 rings (SSSR count). The molecular formula is C8H16O2. The van der Waals surface area contributed by atoms with Crippen LogP contribution in [0.25, 0.3) is 0 Å². The smallest absolute Gasteiger partial charge is 0.0811 e. The van der Waals surface area contributed by atoms with Gasteiger partial charge in [0.15, 0.2) is 0 Å². The van der Waals surface area contributed by atoms with Crippen molar-refractivity contribution < 1.29 is 9.84 Å². The molecular weight excluding hydrogens is 128 g/mol. The number of hydrogen-bond donors (Lipinski definition) is 1. The van der Waals surface area contributed by atoms with Crippen molar-refractivity contribution in [2.24, 2.45) is 5.92 Å². The average Bonchev–Trinajstić information content (AvgIpc) is 1.85. The summed E-state index contributed by atoms with van der Waals surface area (Å²) >= 11 is 0. The van der Waals surface area contributed by atoms with E-state index in [1.54, 1.807) is 0 Å². The largest absolute Gasteiger partial charge is 0.394 e. The molecule has 0 amide bonds. The van der Waals surface area contributed by atoms with E-state index in [-0.39, 0.29) is 12.7 Å². The predicted molar refractivity (Wildman–Crippen MR) is 39.8 cm³/mol. The molecule has 0 spiro atoms. The second kappa shape index (κ2) is 3.35. The van der Waals surface area contributed by atoms with Gasteiger partial charge in [0.05, 0.1) is 18.8 Å². The quantitative estimate of drug-likeness (QED) is 0.599. The third-order valence-electron chi connectivity index (χ3n) is 2.03. The molecule has 3 atom stereocenters. The van der Waals surface area contributed by atoms with Crippen molar-refractivity contribution in [3.63, 3.8) is 0 Å². The van der Waals surface area contributed by atoms with Crippen molar-refractivity contribution in [1.29, 1.82) is 0 Å². The standard InChI is InChI=1S/C8H16O2/c1-6-3-7(2)10-8(4-6)5-9/h6-9H,3-5H2,1-2H3/t6-,7+,8-/m0/s1. The minimum atomic E-state index is 0.0961. The van der Waals surface area contributed by atoms with Gasteiger partial charge in [-0.1, -0.05) is 6.92 Å². The molecule has 1 fully saturated rings. The van der Waals surface area contributed by atoms with Gasteiger partial charge < -0.3 is 9.84 Å². The second-order valence-electron chi connectivity index (χ2n) is 3.33. The molecule has 60 valence electrons. The van der Waals surface area contributed by atoms with Crippen molar-refractivity contribution >= 4 is 0 Å². The minimum Gasteiger partial charge on any atom is -0.394 e. The molecule has 0 aromatic heterocycles. The van der Waals surface area contributed by atoms with Gasteiger partial charge in [0.1, 0.15) is 0 Å². The summed E-state index contributed by atoms with van der Waals surface area (Å²) in [6, 6.07) is 0. The van der Waals surface area contributed by atoms with Gasteiger partial charge in [-0.3, -0.25) is 0 Å². The maximum atomic E-state index is 8.80. The average molecular weight is 144 g/mol. The van der Waals surface area contributed by atoms with Gasteiger partial charge in [-0.2, -0.15) is 0 Å². The van der Waals surface area contributed by atoms with Crippen LogP contribution in [0.2, 0.25) is 0 Å². The van der Waals surface area contributed by atoms with Gasteiger partial charge in [0.2, 0.25) is 0 Å². The van der Waals surface area contributed by atoms with Gasteiger partial charge >= 0.3 is 0 Å². The first-order valence-corrected chi connectivity index (χ1v) is 3.98. The maximum absolute atomic E-state index is 8.80. The van der Waals surface area contributed by atoms with Crippen molar-refractivity contribution in [3.05, 3.63) is 0 Å². The summed E-state index contributed by atoms with van der Waals surface area (Å²) in [4.78, 5) is 0. The number of aliphatic hydroxyl groups is 1. The van der Waals surface area contributed by atoms with Crippen molar-refractivity contribution in [2.75, 3.05) is 6.61 Å². The SMILES string of the molecule is C[C@@H]1C[C@@H](CO)O[C@H](C)C1. The topological polar surface area (TPSA) is 29.5 Å². The normalized spacial score (nSPS) is 41.7. The van der Waals surface area contributed by atoms with E-state index in [0.29, 0.717) is 12.0 Å². The lowest BCUT2D eigenvalue weighted by Crippen LogP contribution is -2.32. The van der Waals surface area contributed by atoms with E-state index in [4.69, 9.17) is 9.84 Å². The fourth-order valence-corrected chi connectivity index (χ4v) is 1.67. The van der Waals surface area contributed by atoms with Gasteiger partial charge in [0.25, 0.3) is 0 Å². The Balaban J connectivity index is 2.35.